The van der Waals surface area contributed by atoms with Crippen molar-refractivity contribution >= 4 is 5.97 Å². The van der Waals surface area contributed by atoms with Crippen LogP contribution in [0, 0.1) is 74.4 Å². The lowest BCUT2D eigenvalue weighted by Crippen LogP contribution is -2.68. The zero-order valence-electron chi connectivity index (χ0n) is 26.9. The lowest BCUT2D eigenvalue weighted by molar-refractivity contribution is -0.256. The van der Waals surface area contributed by atoms with E-state index >= 15 is 0 Å². The van der Waals surface area contributed by atoms with E-state index in [0.717, 1.165) is 57.1 Å². The molecule has 5 aliphatic rings. The first-order valence-electron chi connectivity index (χ1n) is 16.7. The van der Waals surface area contributed by atoms with Crippen LogP contribution in [-0.2, 0) is 4.79 Å². The second kappa shape index (κ2) is 9.95. The lowest BCUT2D eigenvalue weighted by atomic mass is 9.31. The van der Waals surface area contributed by atoms with Gasteiger partial charge in [-0.25, -0.2) is 4.98 Å². The molecule has 5 fully saturated rings. The highest BCUT2D eigenvalue weighted by molar-refractivity contribution is 5.76. The number of carbonyl (C=O) groups is 1. The summed E-state index contributed by atoms with van der Waals surface area (Å²) in [5, 5.41) is 22.4. The van der Waals surface area contributed by atoms with Crippen LogP contribution < -0.4 is 0 Å². The molecule has 0 unspecified atom stereocenters. The van der Waals surface area contributed by atoms with Crippen molar-refractivity contribution in [2.75, 3.05) is 0 Å². The van der Waals surface area contributed by atoms with Gasteiger partial charge in [0.15, 0.2) is 0 Å². The lowest BCUT2D eigenvalue weighted by Gasteiger charge is -2.73. The van der Waals surface area contributed by atoms with Crippen molar-refractivity contribution in [2.24, 2.45) is 62.6 Å². The van der Waals surface area contributed by atoms with Crippen molar-refractivity contribution in [3.8, 4) is 11.8 Å². The number of aliphatic carboxylic acids is 1. The van der Waals surface area contributed by atoms with E-state index in [4.69, 9.17) is 0 Å². The van der Waals surface area contributed by atoms with Crippen LogP contribution in [0.5, 0.6) is 0 Å². The van der Waals surface area contributed by atoms with Gasteiger partial charge in [-0.1, -0.05) is 58.8 Å². The first-order chi connectivity index (χ1) is 19.7. The van der Waals surface area contributed by atoms with Crippen LogP contribution in [-0.4, -0.2) is 27.3 Å². The molecule has 5 saturated carbocycles. The molecule has 11 atom stereocenters. The van der Waals surface area contributed by atoms with Gasteiger partial charge in [-0.05, 0) is 140 Å². The molecular formula is C38H53NO3. The molecule has 2 N–H and O–H groups in total. The molecule has 0 spiro atoms. The zero-order chi connectivity index (χ0) is 30.3. The number of aliphatic hydroxyl groups is 1. The van der Waals surface area contributed by atoms with Gasteiger partial charge in [0.1, 0.15) is 5.69 Å². The Hall–Kier alpha value is -2.12. The molecule has 42 heavy (non-hydrogen) atoms. The van der Waals surface area contributed by atoms with Gasteiger partial charge in [0.25, 0.3) is 0 Å². The summed E-state index contributed by atoms with van der Waals surface area (Å²) in [5.74, 6) is 8.22. The third kappa shape index (κ3) is 3.97. The molecule has 0 amide bonds. The molecule has 0 saturated heterocycles. The van der Waals surface area contributed by atoms with Crippen LogP contribution in [0.4, 0.5) is 0 Å². The van der Waals surface area contributed by atoms with Crippen LogP contribution in [0.15, 0.2) is 36.5 Å². The second-order valence-electron chi connectivity index (χ2n) is 16.6. The van der Waals surface area contributed by atoms with Gasteiger partial charge in [0.2, 0.25) is 0 Å². The minimum absolute atomic E-state index is 0.111. The molecule has 0 aliphatic heterocycles. The highest BCUT2D eigenvalue weighted by Crippen LogP contribution is 2.77. The number of hydrogen-bond donors (Lipinski definition) is 2. The van der Waals surface area contributed by atoms with E-state index in [0.29, 0.717) is 30.1 Å². The SMILES string of the molecule is C=C(C)[C@@H]1CC[C@]2(C(=O)O)CC[C@]3(C)[C@H](CC[C@@H]4[C@@]5(C)C[C@@H](CC#Cc6ccccn6)[C@H](O)C(C)(C)[C@@H]5CC[C@]43C)[C@@H]12. The molecule has 0 aromatic carbocycles. The molecule has 0 bridgehead atoms. The maximum Gasteiger partial charge on any atom is 0.309 e. The Bertz CT molecular complexity index is 1310. The fourth-order valence-corrected chi connectivity index (χ4v) is 12.8. The summed E-state index contributed by atoms with van der Waals surface area (Å²) < 4.78 is 0. The Kier molecular flexibility index (Phi) is 7.09. The highest BCUT2D eigenvalue weighted by atomic mass is 16.4. The average molecular weight is 572 g/mol. The van der Waals surface area contributed by atoms with E-state index in [1.165, 1.54) is 12.0 Å². The summed E-state index contributed by atoms with van der Waals surface area (Å²) in [4.78, 5) is 17.3. The monoisotopic (exact) mass is 571 g/mol. The molecule has 1 aromatic rings. The first kappa shape index (κ1) is 29.9. The van der Waals surface area contributed by atoms with Crippen molar-refractivity contribution in [3.05, 3.63) is 42.2 Å². The molecule has 4 nitrogen and oxygen atoms in total. The fraction of sp³-hybridized carbons (Fsp3) is 0.737. The van der Waals surface area contributed by atoms with E-state index in [2.05, 4.69) is 64.9 Å². The number of aliphatic hydroxyl groups excluding tert-OH is 1. The molecule has 228 valence electrons. The summed E-state index contributed by atoms with van der Waals surface area (Å²) >= 11 is 0. The van der Waals surface area contributed by atoms with E-state index in [9.17, 15) is 15.0 Å². The van der Waals surface area contributed by atoms with Crippen molar-refractivity contribution in [1.29, 1.82) is 0 Å². The number of carboxylic acid groups (broad SMARTS) is 1. The van der Waals surface area contributed by atoms with Crippen molar-refractivity contribution < 1.29 is 15.0 Å². The predicted molar refractivity (Wildman–Crippen MR) is 167 cm³/mol. The van der Waals surface area contributed by atoms with Crippen LogP contribution in [0.25, 0.3) is 0 Å². The van der Waals surface area contributed by atoms with Gasteiger partial charge in [-0.15, -0.1) is 0 Å². The number of nitrogens with zero attached hydrogens (tertiary/aromatic N) is 1. The molecule has 4 heteroatoms. The second-order valence-corrected chi connectivity index (χ2v) is 16.6. The Morgan fingerprint density at radius 2 is 1.76 bits per heavy atom. The van der Waals surface area contributed by atoms with E-state index in [1.54, 1.807) is 6.20 Å². The number of carboxylic acids is 1. The van der Waals surface area contributed by atoms with Crippen molar-refractivity contribution in [1.82, 2.24) is 4.98 Å². The number of pyridine rings is 1. The van der Waals surface area contributed by atoms with Gasteiger partial charge >= 0.3 is 5.97 Å². The quantitative estimate of drug-likeness (QED) is 0.284. The van der Waals surface area contributed by atoms with Gasteiger partial charge < -0.3 is 10.2 Å². The zero-order valence-corrected chi connectivity index (χ0v) is 26.9. The number of rotatable bonds is 3. The predicted octanol–water partition coefficient (Wildman–Crippen LogP) is 8.15. The number of aromatic nitrogens is 1. The normalized spacial score (nSPS) is 47.1. The van der Waals surface area contributed by atoms with Gasteiger partial charge in [-0.3, -0.25) is 4.79 Å². The highest BCUT2D eigenvalue weighted by Gasteiger charge is 2.72. The van der Waals surface area contributed by atoms with E-state index < -0.39 is 11.4 Å². The average Bonchev–Trinajstić information content (AvgIpc) is 3.34. The topological polar surface area (TPSA) is 70.4 Å². The Labute approximate surface area is 254 Å². The Balaban J connectivity index is 1.34. The van der Waals surface area contributed by atoms with Crippen LogP contribution in [0.2, 0.25) is 0 Å². The Morgan fingerprint density at radius 1 is 1.00 bits per heavy atom. The van der Waals surface area contributed by atoms with E-state index in [1.807, 2.05) is 18.2 Å². The maximum absolute atomic E-state index is 13.0. The molecule has 5 aliphatic carbocycles. The smallest absolute Gasteiger partial charge is 0.309 e. The summed E-state index contributed by atoms with van der Waals surface area (Å²) in [6.07, 6.45) is 11.3. The largest absolute Gasteiger partial charge is 0.481 e. The fourth-order valence-electron chi connectivity index (χ4n) is 12.8. The third-order valence-electron chi connectivity index (χ3n) is 14.8. The van der Waals surface area contributed by atoms with Crippen LogP contribution >= 0.6 is 0 Å². The Morgan fingerprint density at radius 3 is 2.43 bits per heavy atom. The van der Waals surface area contributed by atoms with Gasteiger partial charge in [0.05, 0.1) is 11.5 Å². The number of fused-ring (bicyclic) bond motifs is 7. The van der Waals surface area contributed by atoms with Crippen LogP contribution in [0.1, 0.15) is 111 Å². The third-order valence-corrected chi connectivity index (χ3v) is 14.8. The molecule has 1 aromatic heterocycles. The molecule has 0 radical (unpaired) electrons. The van der Waals surface area contributed by atoms with Crippen molar-refractivity contribution in [2.45, 2.75) is 112 Å². The van der Waals surface area contributed by atoms with Gasteiger partial charge in [-0.2, -0.15) is 0 Å². The van der Waals surface area contributed by atoms with Crippen molar-refractivity contribution in [3.63, 3.8) is 0 Å². The standard InChI is InChI=1S/C38H53NO3/c1-24(2)27-16-19-38(33(41)42)21-20-36(6)28(31(27)38)14-15-30-35(5)23-25(11-10-13-26-12-8-9-22-39-26)32(40)34(3,4)29(35)17-18-37(30,36)7/h8-9,12,22,25,27-32,40H,1,11,14-21,23H2,2-7H3,(H,41,42)/t25-,27+,28-,29+,30-,31-,32+,35+,36-,37-,38+/m1/s1. The molecule has 6 rings (SSSR count). The summed E-state index contributed by atoms with van der Waals surface area (Å²) in [6, 6.07) is 5.83. The summed E-state index contributed by atoms with van der Waals surface area (Å²) in [7, 11) is 0. The molecular weight excluding hydrogens is 518 g/mol. The summed E-state index contributed by atoms with van der Waals surface area (Å²) in [6.45, 7) is 18.9. The first-order valence-corrected chi connectivity index (χ1v) is 16.7. The maximum atomic E-state index is 13.0. The van der Waals surface area contributed by atoms with Crippen LogP contribution in [0.3, 0.4) is 0 Å². The van der Waals surface area contributed by atoms with E-state index in [-0.39, 0.29) is 39.6 Å². The minimum Gasteiger partial charge on any atom is -0.481 e. The number of allylic oxidation sites excluding steroid dienone is 1. The minimum atomic E-state index is -0.577. The summed E-state index contributed by atoms with van der Waals surface area (Å²) in [5.41, 5.74) is 1.60. The molecule has 1 heterocycles. The van der Waals surface area contributed by atoms with Gasteiger partial charge in [0, 0.05) is 12.6 Å². The number of hydrogen-bond acceptors (Lipinski definition) is 3.